The molecule has 3 aromatic rings. The molecule has 1 saturated heterocycles. The molecule has 0 bridgehead atoms. The summed E-state index contributed by atoms with van der Waals surface area (Å²) in [5.74, 6) is 0. The first-order valence-electron chi connectivity index (χ1n) is 9.21. The maximum atomic E-state index is 13.5. The fourth-order valence-electron chi connectivity index (χ4n) is 3.78. The normalized spacial score (nSPS) is 19.4. The second-order valence-corrected chi connectivity index (χ2v) is 9.21. The molecule has 0 amide bonds. The molecule has 0 aromatic heterocycles. The van der Waals surface area contributed by atoms with E-state index in [-0.39, 0.29) is 6.04 Å². The van der Waals surface area contributed by atoms with Crippen LogP contribution in [-0.4, -0.2) is 44.3 Å². The Labute approximate surface area is 161 Å². The zero-order chi connectivity index (χ0) is 19.0. The van der Waals surface area contributed by atoms with Gasteiger partial charge in [0.25, 0.3) is 0 Å². The molecule has 0 radical (unpaired) electrons. The van der Waals surface area contributed by atoms with Gasteiger partial charge >= 0.3 is 0 Å². The summed E-state index contributed by atoms with van der Waals surface area (Å²) < 4.78 is 28.7. The molecule has 1 heterocycles. The number of rotatable bonds is 3. The van der Waals surface area contributed by atoms with Crippen molar-refractivity contribution in [3.05, 3.63) is 77.9 Å². The quantitative estimate of drug-likeness (QED) is 0.693. The van der Waals surface area contributed by atoms with Gasteiger partial charge in [-0.25, -0.2) is 8.42 Å². The van der Waals surface area contributed by atoms with Crippen molar-refractivity contribution in [3.8, 4) is 0 Å². The molecule has 0 spiro atoms. The number of fused-ring (bicyclic) bond motifs is 1. The predicted octanol–water partition coefficient (Wildman–Crippen LogP) is 3.83. The average molecular weight is 381 g/mol. The summed E-state index contributed by atoms with van der Waals surface area (Å²) in [5.41, 5.74) is 2.20. The first-order chi connectivity index (χ1) is 12.9. The Balaban J connectivity index is 1.76. The van der Waals surface area contributed by atoms with E-state index in [2.05, 4.69) is 11.0 Å². The molecule has 1 aliphatic heterocycles. The van der Waals surface area contributed by atoms with Gasteiger partial charge in [-0.15, -0.1) is 0 Å². The molecule has 27 heavy (non-hydrogen) atoms. The SMILES string of the molecule is Cc1ccc2cc(S(=O)(=O)N3CCN(C)CC3c3ccccc3)ccc2c1. The molecule has 3 aromatic carbocycles. The summed E-state index contributed by atoms with van der Waals surface area (Å²) in [6.07, 6.45) is 0. The smallest absolute Gasteiger partial charge is 0.243 e. The molecule has 1 fully saturated rings. The van der Waals surface area contributed by atoms with Crippen molar-refractivity contribution in [2.24, 2.45) is 0 Å². The van der Waals surface area contributed by atoms with Crippen LogP contribution in [0.15, 0.2) is 71.6 Å². The average Bonchev–Trinajstić information content (AvgIpc) is 2.68. The molecule has 1 atom stereocenters. The fraction of sp³-hybridized carbons (Fsp3) is 0.273. The number of hydrogen-bond donors (Lipinski definition) is 0. The third-order valence-electron chi connectivity index (χ3n) is 5.29. The van der Waals surface area contributed by atoms with Crippen LogP contribution in [0.3, 0.4) is 0 Å². The summed E-state index contributed by atoms with van der Waals surface area (Å²) in [5, 5.41) is 2.01. The van der Waals surface area contributed by atoms with Crippen molar-refractivity contribution in [2.45, 2.75) is 17.9 Å². The Bertz CT molecular complexity index is 1060. The van der Waals surface area contributed by atoms with E-state index >= 15 is 0 Å². The monoisotopic (exact) mass is 380 g/mol. The Morgan fingerprint density at radius 3 is 2.37 bits per heavy atom. The lowest BCUT2D eigenvalue weighted by Gasteiger charge is -2.39. The fourth-order valence-corrected chi connectivity index (χ4v) is 5.41. The van der Waals surface area contributed by atoms with Gasteiger partial charge in [0.05, 0.1) is 10.9 Å². The van der Waals surface area contributed by atoms with Gasteiger partial charge in [0, 0.05) is 19.6 Å². The van der Waals surface area contributed by atoms with Crippen LogP contribution >= 0.6 is 0 Å². The van der Waals surface area contributed by atoms with Crippen LogP contribution in [0.5, 0.6) is 0 Å². The van der Waals surface area contributed by atoms with Crippen LogP contribution in [0, 0.1) is 6.92 Å². The Kier molecular flexibility index (Phi) is 4.76. The lowest BCUT2D eigenvalue weighted by molar-refractivity contribution is 0.161. The first-order valence-corrected chi connectivity index (χ1v) is 10.6. The number of likely N-dealkylation sites (N-methyl/N-ethyl adjacent to an activating group) is 1. The van der Waals surface area contributed by atoms with Gasteiger partial charge < -0.3 is 4.90 Å². The number of nitrogens with zero attached hydrogens (tertiary/aromatic N) is 2. The van der Waals surface area contributed by atoms with Crippen LogP contribution in [0.2, 0.25) is 0 Å². The zero-order valence-corrected chi connectivity index (χ0v) is 16.5. The summed E-state index contributed by atoms with van der Waals surface area (Å²) in [7, 11) is -1.54. The molecular weight excluding hydrogens is 356 g/mol. The number of sulfonamides is 1. The summed E-state index contributed by atoms with van der Waals surface area (Å²) >= 11 is 0. The maximum Gasteiger partial charge on any atom is 0.243 e. The third kappa shape index (κ3) is 3.50. The largest absolute Gasteiger partial charge is 0.303 e. The highest BCUT2D eigenvalue weighted by molar-refractivity contribution is 7.89. The van der Waals surface area contributed by atoms with E-state index in [1.807, 2.05) is 62.5 Å². The predicted molar refractivity (Wildman–Crippen MR) is 109 cm³/mol. The highest BCUT2D eigenvalue weighted by Gasteiger charge is 2.36. The highest BCUT2D eigenvalue weighted by Crippen LogP contribution is 2.32. The number of aryl methyl sites for hydroxylation is 1. The van der Waals surface area contributed by atoms with E-state index < -0.39 is 10.0 Å². The Morgan fingerprint density at radius 1 is 0.889 bits per heavy atom. The van der Waals surface area contributed by atoms with Crippen molar-refractivity contribution in [1.29, 1.82) is 0 Å². The number of hydrogen-bond acceptors (Lipinski definition) is 3. The van der Waals surface area contributed by atoms with Gasteiger partial charge in [-0.05, 0) is 42.4 Å². The van der Waals surface area contributed by atoms with Crippen molar-refractivity contribution in [1.82, 2.24) is 9.21 Å². The Morgan fingerprint density at radius 2 is 1.59 bits per heavy atom. The van der Waals surface area contributed by atoms with Gasteiger partial charge in [-0.3, -0.25) is 0 Å². The van der Waals surface area contributed by atoms with Gasteiger partial charge in [0.2, 0.25) is 10.0 Å². The minimum atomic E-state index is -3.58. The lowest BCUT2D eigenvalue weighted by atomic mass is 10.1. The first kappa shape index (κ1) is 18.2. The zero-order valence-electron chi connectivity index (χ0n) is 15.7. The molecule has 0 aliphatic carbocycles. The molecule has 0 N–H and O–H groups in total. The molecule has 140 valence electrons. The molecular formula is C22H24N2O2S. The molecule has 4 rings (SSSR count). The molecule has 5 heteroatoms. The van der Waals surface area contributed by atoms with Crippen LogP contribution in [0.25, 0.3) is 10.8 Å². The highest BCUT2D eigenvalue weighted by atomic mass is 32.2. The van der Waals surface area contributed by atoms with E-state index in [1.165, 1.54) is 5.56 Å². The van der Waals surface area contributed by atoms with Crippen LogP contribution in [-0.2, 0) is 10.0 Å². The van der Waals surface area contributed by atoms with Gasteiger partial charge in [0.15, 0.2) is 0 Å². The van der Waals surface area contributed by atoms with Gasteiger partial charge in [0.1, 0.15) is 0 Å². The molecule has 0 saturated carbocycles. The van der Waals surface area contributed by atoms with Gasteiger partial charge in [-0.1, -0.05) is 60.2 Å². The second-order valence-electron chi connectivity index (χ2n) is 7.32. The topological polar surface area (TPSA) is 40.6 Å². The van der Waals surface area contributed by atoms with Crippen LogP contribution < -0.4 is 0 Å². The van der Waals surface area contributed by atoms with E-state index in [9.17, 15) is 8.42 Å². The maximum absolute atomic E-state index is 13.5. The molecule has 1 aliphatic rings. The van der Waals surface area contributed by atoms with Crippen LogP contribution in [0.1, 0.15) is 17.2 Å². The standard InChI is InChI=1S/C22H24N2O2S/c1-17-8-9-20-15-21(11-10-19(20)14-17)27(25,26)24-13-12-23(2)16-22(24)18-6-4-3-5-7-18/h3-11,14-15,22H,12-13,16H2,1-2H3. The third-order valence-corrected chi connectivity index (χ3v) is 7.20. The van der Waals surface area contributed by atoms with Crippen molar-refractivity contribution in [3.63, 3.8) is 0 Å². The van der Waals surface area contributed by atoms with E-state index in [0.717, 1.165) is 22.9 Å². The summed E-state index contributed by atoms with van der Waals surface area (Å²) in [6, 6.07) is 21.2. The Hall–Kier alpha value is -2.21. The summed E-state index contributed by atoms with van der Waals surface area (Å²) in [4.78, 5) is 2.55. The van der Waals surface area contributed by atoms with E-state index in [0.29, 0.717) is 18.0 Å². The second kappa shape index (κ2) is 7.08. The molecule has 1 unspecified atom stereocenters. The van der Waals surface area contributed by atoms with Crippen molar-refractivity contribution < 1.29 is 8.42 Å². The van der Waals surface area contributed by atoms with E-state index in [4.69, 9.17) is 0 Å². The number of benzene rings is 3. The van der Waals surface area contributed by atoms with Crippen molar-refractivity contribution in [2.75, 3.05) is 26.7 Å². The van der Waals surface area contributed by atoms with Gasteiger partial charge in [-0.2, -0.15) is 4.31 Å². The number of piperazine rings is 1. The van der Waals surface area contributed by atoms with E-state index in [1.54, 1.807) is 16.4 Å². The van der Waals surface area contributed by atoms with Crippen LogP contribution in [0.4, 0.5) is 0 Å². The van der Waals surface area contributed by atoms with Crippen molar-refractivity contribution >= 4 is 20.8 Å². The summed E-state index contributed by atoms with van der Waals surface area (Å²) in [6.45, 7) is 3.95. The molecule has 4 nitrogen and oxygen atoms in total. The minimum absolute atomic E-state index is 0.177. The minimum Gasteiger partial charge on any atom is -0.303 e. The lowest BCUT2D eigenvalue weighted by Crippen LogP contribution is -2.49.